The molecule has 0 aromatic rings. The molecule has 1 heteroatoms. The average molecular weight is 263 g/mol. The van der Waals surface area contributed by atoms with Crippen LogP contribution in [0.15, 0.2) is 22.8 Å². The van der Waals surface area contributed by atoms with E-state index in [0.29, 0.717) is 5.04 Å². The van der Waals surface area contributed by atoms with Crippen molar-refractivity contribution < 1.29 is 0 Å². The first-order valence-electron chi connectivity index (χ1n) is 7.63. The van der Waals surface area contributed by atoms with Crippen molar-refractivity contribution in [1.82, 2.24) is 0 Å². The fraction of sp³-hybridized carbons (Fsp3) is 0.765. The summed E-state index contributed by atoms with van der Waals surface area (Å²) < 4.78 is 0. The van der Waals surface area contributed by atoms with Gasteiger partial charge < -0.3 is 0 Å². The van der Waals surface area contributed by atoms with E-state index in [4.69, 9.17) is 0 Å². The van der Waals surface area contributed by atoms with Crippen LogP contribution < -0.4 is 0 Å². The number of hydrogen-bond acceptors (Lipinski definition) is 0. The SMILES string of the molecule is CC1=CC(C[Si](C)(C)C(C)(C)C)C2=C1CCCC2. The van der Waals surface area contributed by atoms with Crippen molar-refractivity contribution in [3.63, 3.8) is 0 Å². The summed E-state index contributed by atoms with van der Waals surface area (Å²) in [6.07, 6.45) is 8.16. The molecule has 0 N–H and O–H groups in total. The standard InChI is InChI=1S/C17H30Si/c1-13-11-14(12-18(5,6)17(2,3)4)16-10-8-7-9-15(13)16/h11,14H,7-10,12H2,1-6H3. The monoisotopic (exact) mass is 262 g/mol. The summed E-state index contributed by atoms with van der Waals surface area (Å²) in [5.74, 6) is 0.793. The average Bonchev–Trinajstić information content (AvgIpc) is 2.55. The van der Waals surface area contributed by atoms with E-state index in [1.165, 1.54) is 31.7 Å². The maximum Gasteiger partial charge on any atom is 0.0536 e. The fourth-order valence-corrected chi connectivity index (χ4v) is 5.41. The third-order valence-electron chi connectivity index (χ3n) is 5.65. The molecule has 0 spiro atoms. The molecule has 2 aliphatic carbocycles. The quantitative estimate of drug-likeness (QED) is 0.540. The van der Waals surface area contributed by atoms with Crippen LogP contribution in [-0.2, 0) is 0 Å². The van der Waals surface area contributed by atoms with Gasteiger partial charge in [0.1, 0.15) is 0 Å². The first kappa shape index (κ1) is 14.1. The summed E-state index contributed by atoms with van der Waals surface area (Å²) in [4.78, 5) is 0. The highest BCUT2D eigenvalue weighted by Gasteiger charge is 2.39. The van der Waals surface area contributed by atoms with Crippen LogP contribution in [0.2, 0.25) is 24.2 Å². The van der Waals surface area contributed by atoms with Gasteiger partial charge in [-0.3, -0.25) is 0 Å². The molecule has 0 bridgehead atoms. The van der Waals surface area contributed by atoms with E-state index in [2.05, 4.69) is 46.9 Å². The summed E-state index contributed by atoms with van der Waals surface area (Å²) in [6, 6.07) is 1.45. The Morgan fingerprint density at radius 3 is 2.39 bits per heavy atom. The second-order valence-electron chi connectivity index (χ2n) is 8.01. The van der Waals surface area contributed by atoms with Crippen LogP contribution in [0.4, 0.5) is 0 Å². The lowest BCUT2D eigenvalue weighted by Gasteiger charge is -2.39. The Morgan fingerprint density at radius 1 is 1.17 bits per heavy atom. The van der Waals surface area contributed by atoms with E-state index >= 15 is 0 Å². The Hall–Kier alpha value is -0.303. The van der Waals surface area contributed by atoms with Gasteiger partial charge in [-0.15, -0.1) is 0 Å². The Balaban J connectivity index is 2.19. The molecule has 2 aliphatic rings. The molecule has 0 saturated carbocycles. The summed E-state index contributed by atoms with van der Waals surface area (Å²) >= 11 is 0. The Kier molecular flexibility index (Phi) is 3.66. The molecule has 0 heterocycles. The van der Waals surface area contributed by atoms with Gasteiger partial charge in [0, 0.05) is 0 Å². The molecule has 0 aromatic carbocycles. The van der Waals surface area contributed by atoms with E-state index < -0.39 is 8.07 Å². The van der Waals surface area contributed by atoms with Gasteiger partial charge in [0.15, 0.2) is 0 Å². The smallest absolute Gasteiger partial charge is 0.0536 e. The van der Waals surface area contributed by atoms with Crippen molar-refractivity contribution in [2.75, 3.05) is 0 Å². The van der Waals surface area contributed by atoms with Gasteiger partial charge in [-0.25, -0.2) is 0 Å². The summed E-state index contributed by atoms with van der Waals surface area (Å²) in [5.41, 5.74) is 5.17. The second-order valence-corrected chi connectivity index (χ2v) is 13.7. The third kappa shape index (κ3) is 2.52. The lowest BCUT2D eigenvalue weighted by Crippen LogP contribution is -2.38. The molecule has 0 fully saturated rings. The van der Waals surface area contributed by atoms with Crippen LogP contribution in [0, 0.1) is 5.92 Å². The molecular formula is C17H30Si. The van der Waals surface area contributed by atoms with Crippen LogP contribution in [0.3, 0.4) is 0 Å². The maximum absolute atomic E-state index is 2.59. The predicted molar refractivity (Wildman–Crippen MR) is 84.7 cm³/mol. The third-order valence-corrected chi connectivity index (χ3v) is 11.2. The summed E-state index contributed by atoms with van der Waals surface area (Å²) in [6.45, 7) is 14.8. The molecule has 0 aliphatic heterocycles. The summed E-state index contributed by atoms with van der Waals surface area (Å²) in [7, 11) is -1.15. The van der Waals surface area contributed by atoms with E-state index in [1.807, 2.05) is 5.57 Å². The molecule has 0 aromatic heterocycles. The fourth-order valence-electron chi connectivity index (χ4n) is 3.33. The molecule has 1 atom stereocenters. The lowest BCUT2D eigenvalue weighted by molar-refractivity contribution is 0.630. The van der Waals surface area contributed by atoms with Gasteiger partial charge >= 0.3 is 0 Å². The van der Waals surface area contributed by atoms with Crippen molar-refractivity contribution in [3.05, 3.63) is 22.8 Å². The molecule has 2 rings (SSSR count). The minimum atomic E-state index is -1.15. The first-order chi connectivity index (χ1) is 8.22. The van der Waals surface area contributed by atoms with E-state index in [-0.39, 0.29) is 0 Å². The molecule has 0 amide bonds. The molecule has 18 heavy (non-hydrogen) atoms. The minimum absolute atomic E-state index is 0.521. The first-order valence-corrected chi connectivity index (χ1v) is 10.8. The molecule has 102 valence electrons. The van der Waals surface area contributed by atoms with Crippen molar-refractivity contribution in [3.8, 4) is 0 Å². The van der Waals surface area contributed by atoms with Crippen LogP contribution in [0.5, 0.6) is 0 Å². The van der Waals surface area contributed by atoms with Gasteiger partial charge in [0.25, 0.3) is 0 Å². The molecular weight excluding hydrogens is 232 g/mol. The molecule has 1 unspecified atom stereocenters. The minimum Gasteiger partial charge on any atom is -0.0744 e. The Labute approximate surface area is 115 Å². The van der Waals surface area contributed by atoms with Gasteiger partial charge in [0.05, 0.1) is 8.07 Å². The summed E-state index contributed by atoms with van der Waals surface area (Å²) in [5, 5.41) is 0.521. The molecule has 0 nitrogen and oxygen atoms in total. The highest BCUT2D eigenvalue weighted by atomic mass is 28.3. The van der Waals surface area contributed by atoms with E-state index in [1.54, 1.807) is 11.1 Å². The van der Waals surface area contributed by atoms with E-state index in [0.717, 1.165) is 5.92 Å². The number of hydrogen-bond donors (Lipinski definition) is 0. The van der Waals surface area contributed by atoms with Gasteiger partial charge in [0.2, 0.25) is 0 Å². The van der Waals surface area contributed by atoms with Gasteiger partial charge in [-0.2, -0.15) is 0 Å². The van der Waals surface area contributed by atoms with Crippen molar-refractivity contribution in [1.29, 1.82) is 0 Å². The van der Waals surface area contributed by atoms with Crippen molar-refractivity contribution >= 4 is 8.07 Å². The highest BCUT2D eigenvalue weighted by Crippen LogP contribution is 2.47. The van der Waals surface area contributed by atoms with Crippen molar-refractivity contribution in [2.24, 2.45) is 5.92 Å². The largest absolute Gasteiger partial charge is 0.0744 e. The zero-order valence-electron chi connectivity index (χ0n) is 13.2. The highest BCUT2D eigenvalue weighted by molar-refractivity contribution is 6.80. The van der Waals surface area contributed by atoms with Gasteiger partial charge in [-0.05, 0) is 55.2 Å². The van der Waals surface area contributed by atoms with Gasteiger partial charge in [-0.1, -0.05) is 51.1 Å². The van der Waals surface area contributed by atoms with Crippen molar-refractivity contribution in [2.45, 2.75) is 77.6 Å². The van der Waals surface area contributed by atoms with Crippen LogP contribution in [0.1, 0.15) is 53.4 Å². The van der Waals surface area contributed by atoms with E-state index in [9.17, 15) is 0 Å². The topological polar surface area (TPSA) is 0 Å². The van der Waals surface area contributed by atoms with Crippen LogP contribution in [0.25, 0.3) is 0 Å². The predicted octanol–water partition coefficient (Wildman–Crippen LogP) is 5.94. The van der Waals surface area contributed by atoms with Crippen LogP contribution >= 0.6 is 0 Å². The Bertz CT molecular complexity index is 390. The normalized spacial score (nSPS) is 25.2. The zero-order chi connectivity index (χ0) is 13.6. The molecule has 0 saturated heterocycles. The number of allylic oxidation sites excluding steroid dienone is 4. The zero-order valence-corrected chi connectivity index (χ0v) is 14.2. The Morgan fingerprint density at radius 2 is 1.78 bits per heavy atom. The number of rotatable bonds is 2. The molecule has 0 radical (unpaired) electrons. The maximum atomic E-state index is 2.59. The van der Waals surface area contributed by atoms with Crippen LogP contribution in [-0.4, -0.2) is 8.07 Å². The second kappa shape index (κ2) is 4.66. The lowest BCUT2D eigenvalue weighted by atomic mass is 9.88.